The number of rotatable bonds is 20. The topological polar surface area (TPSA) is 44.2 Å². The Balaban J connectivity index is 1.37. The van der Waals surface area contributed by atoms with Crippen molar-refractivity contribution in [2.24, 2.45) is 0 Å². The molecule has 3 aromatic heterocycles. The number of halogens is 2. The Labute approximate surface area is 314 Å². The van der Waals surface area contributed by atoms with Crippen molar-refractivity contribution in [2.75, 3.05) is 13.2 Å². The van der Waals surface area contributed by atoms with Gasteiger partial charge in [0.05, 0.1) is 35.7 Å². The Hall–Kier alpha value is -4.14. The lowest BCUT2D eigenvalue weighted by Crippen LogP contribution is -2.03. The van der Waals surface area contributed by atoms with E-state index in [0.717, 1.165) is 48.3 Å². The second-order valence-corrected chi connectivity index (χ2v) is 15.1. The molecule has 0 unspecified atom stereocenters. The van der Waals surface area contributed by atoms with Gasteiger partial charge in [-0.3, -0.25) is 0 Å². The van der Waals surface area contributed by atoms with Crippen molar-refractivity contribution < 1.29 is 18.3 Å². The molecule has 0 radical (unpaired) electrons. The van der Waals surface area contributed by atoms with Crippen molar-refractivity contribution in [1.82, 2.24) is 9.97 Å². The van der Waals surface area contributed by atoms with E-state index in [1.807, 2.05) is 71.4 Å². The number of hydrogen-bond donors (Lipinski definition) is 0. The van der Waals surface area contributed by atoms with Crippen molar-refractivity contribution >= 4 is 33.7 Å². The molecule has 6 rings (SSSR count). The summed E-state index contributed by atoms with van der Waals surface area (Å²) < 4.78 is 44.5. The summed E-state index contributed by atoms with van der Waals surface area (Å²) in [4.78, 5) is 11.5. The van der Waals surface area contributed by atoms with Crippen molar-refractivity contribution in [3.05, 3.63) is 95.2 Å². The summed E-state index contributed by atoms with van der Waals surface area (Å²) >= 11 is 2.70. The van der Waals surface area contributed by atoms with Crippen LogP contribution in [-0.4, -0.2) is 23.2 Å². The van der Waals surface area contributed by atoms with Crippen molar-refractivity contribution in [3.8, 4) is 54.9 Å². The number of aromatic nitrogens is 2. The van der Waals surface area contributed by atoms with Crippen LogP contribution in [0.2, 0.25) is 0 Å². The van der Waals surface area contributed by atoms with Crippen LogP contribution in [0.3, 0.4) is 0 Å². The van der Waals surface area contributed by atoms with Crippen LogP contribution in [0, 0.1) is 11.6 Å². The summed E-state index contributed by atoms with van der Waals surface area (Å²) in [5.41, 5.74) is 3.67. The highest BCUT2D eigenvalue weighted by Gasteiger charge is 2.27. The van der Waals surface area contributed by atoms with E-state index in [1.54, 1.807) is 12.1 Å². The highest BCUT2D eigenvalue weighted by atomic mass is 32.1. The Bertz CT molecular complexity index is 1830. The largest absolute Gasteiger partial charge is 0.494 e. The molecule has 0 fully saturated rings. The Morgan fingerprint density at radius 1 is 0.500 bits per heavy atom. The normalized spacial score (nSPS) is 11.4. The summed E-state index contributed by atoms with van der Waals surface area (Å²) in [5, 5.41) is 3.71. The minimum Gasteiger partial charge on any atom is -0.494 e. The van der Waals surface area contributed by atoms with Gasteiger partial charge in [-0.25, -0.2) is 18.7 Å². The first-order valence-corrected chi connectivity index (χ1v) is 20.6. The standard InChI is InChI=1S/C44H48F2N2O2S2/c1-3-5-7-9-11-13-27-49-33-23-19-31(20-24-33)41-42(32-21-25-34(26-22-32)50-28-14-12-10-8-6-4-2)48-44-38(36-18-16-30-52-36)40(46)39(45)37(43(44)47-41)35-17-15-29-51-35/h15-26,29-30H,3-14,27-28H2,1-2H3. The quantitative estimate of drug-likeness (QED) is 0.0732. The molecule has 0 saturated carbocycles. The van der Waals surface area contributed by atoms with E-state index in [4.69, 9.17) is 19.4 Å². The van der Waals surface area contributed by atoms with Crippen LogP contribution in [0.4, 0.5) is 8.78 Å². The first-order valence-electron chi connectivity index (χ1n) is 18.9. The summed E-state index contributed by atoms with van der Waals surface area (Å²) in [7, 11) is 0. The van der Waals surface area contributed by atoms with E-state index in [1.165, 1.54) is 74.0 Å². The average Bonchev–Trinajstić information content (AvgIpc) is 3.91. The van der Waals surface area contributed by atoms with Gasteiger partial charge in [0.1, 0.15) is 22.5 Å². The third-order valence-corrected chi connectivity index (χ3v) is 11.1. The first-order chi connectivity index (χ1) is 25.6. The Morgan fingerprint density at radius 2 is 0.885 bits per heavy atom. The molecule has 3 heterocycles. The number of unbranched alkanes of at least 4 members (excludes halogenated alkanes) is 10. The smallest absolute Gasteiger partial charge is 0.170 e. The zero-order chi connectivity index (χ0) is 36.1. The minimum atomic E-state index is -0.920. The lowest BCUT2D eigenvalue weighted by Gasteiger charge is -2.17. The van der Waals surface area contributed by atoms with Crippen LogP contribution in [-0.2, 0) is 0 Å². The maximum Gasteiger partial charge on any atom is 0.170 e. The van der Waals surface area contributed by atoms with Crippen LogP contribution >= 0.6 is 22.7 Å². The van der Waals surface area contributed by atoms with Gasteiger partial charge < -0.3 is 9.47 Å². The molecule has 0 spiro atoms. The molecule has 6 aromatic rings. The molecule has 0 aliphatic heterocycles. The lowest BCUT2D eigenvalue weighted by atomic mass is 9.99. The van der Waals surface area contributed by atoms with Crippen molar-refractivity contribution in [2.45, 2.75) is 90.9 Å². The number of benzene rings is 3. The van der Waals surface area contributed by atoms with Gasteiger partial charge in [0.15, 0.2) is 11.6 Å². The van der Waals surface area contributed by atoms with Crippen molar-refractivity contribution in [1.29, 1.82) is 0 Å². The molecule has 0 bridgehead atoms. The third kappa shape index (κ3) is 9.25. The van der Waals surface area contributed by atoms with Gasteiger partial charge in [0.25, 0.3) is 0 Å². The van der Waals surface area contributed by atoms with Gasteiger partial charge in [-0.2, -0.15) is 0 Å². The maximum absolute atomic E-state index is 16.2. The summed E-state index contributed by atoms with van der Waals surface area (Å²) in [5.74, 6) is -0.271. The fraction of sp³-hybridized carbons (Fsp3) is 0.364. The van der Waals surface area contributed by atoms with E-state index < -0.39 is 11.6 Å². The molecule has 0 amide bonds. The summed E-state index contributed by atoms with van der Waals surface area (Å²) in [6.45, 7) is 5.79. The van der Waals surface area contributed by atoms with Gasteiger partial charge in [0, 0.05) is 20.9 Å². The number of nitrogens with zero attached hydrogens (tertiary/aromatic N) is 2. The first kappa shape index (κ1) is 37.6. The SMILES string of the molecule is CCCCCCCCOc1ccc(-c2nc3c(-c4cccs4)c(F)c(F)c(-c4cccs4)c3nc2-c2ccc(OCCCCCCCC)cc2)cc1. The fourth-order valence-electron chi connectivity index (χ4n) is 6.47. The molecule has 272 valence electrons. The van der Waals surface area contributed by atoms with E-state index in [0.29, 0.717) is 45.4 Å². The number of thiophene rings is 2. The zero-order valence-corrected chi connectivity index (χ0v) is 31.9. The second kappa shape index (κ2) is 19.1. The van der Waals surface area contributed by atoms with E-state index in [2.05, 4.69) is 13.8 Å². The number of fused-ring (bicyclic) bond motifs is 1. The Kier molecular flexibility index (Phi) is 13.8. The Morgan fingerprint density at radius 3 is 1.25 bits per heavy atom. The molecular formula is C44H48F2N2O2S2. The van der Waals surface area contributed by atoms with Crippen LogP contribution < -0.4 is 9.47 Å². The van der Waals surface area contributed by atoms with Gasteiger partial charge >= 0.3 is 0 Å². The third-order valence-electron chi connectivity index (χ3n) is 9.33. The molecule has 0 aliphatic carbocycles. The predicted molar refractivity (Wildman–Crippen MR) is 215 cm³/mol. The molecule has 0 aliphatic rings. The molecule has 0 N–H and O–H groups in total. The van der Waals surface area contributed by atoms with Crippen LogP contribution in [0.25, 0.3) is 54.4 Å². The minimum absolute atomic E-state index is 0.125. The molecule has 0 saturated heterocycles. The molecular weight excluding hydrogens is 691 g/mol. The van der Waals surface area contributed by atoms with E-state index in [9.17, 15) is 0 Å². The van der Waals surface area contributed by atoms with E-state index >= 15 is 8.78 Å². The predicted octanol–water partition coefficient (Wildman–Crippen LogP) is 14.2. The number of ether oxygens (including phenoxy) is 2. The molecule has 8 heteroatoms. The van der Waals surface area contributed by atoms with E-state index in [-0.39, 0.29) is 11.1 Å². The molecule has 0 atom stereocenters. The van der Waals surface area contributed by atoms with Crippen LogP contribution in [0.15, 0.2) is 83.6 Å². The summed E-state index contributed by atoms with van der Waals surface area (Å²) in [6.07, 6.45) is 14.4. The van der Waals surface area contributed by atoms with Gasteiger partial charge in [-0.05, 0) is 84.3 Å². The maximum atomic E-state index is 16.2. The van der Waals surface area contributed by atoms with Crippen LogP contribution in [0.1, 0.15) is 90.9 Å². The van der Waals surface area contributed by atoms with Gasteiger partial charge in [-0.15, -0.1) is 22.7 Å². The second-order valence-electron chi connectivity index (χ2n) is 13.2. The average molecular weight is 739 g/mol. The molecule has 52 heavy (non-hydrogen) atoms. The van der Waals surface area contributed by atoms with Gasteiger partial charge in [-0.1, -0.05) is 90.2 Å². The zero-order valence-electron chi connectivity index (χ0n) is 30.3. The lowest BCUT2D eigenvalue weighted by molar-refractivity contribution is 0.304. The highest BCUT2D eigenvalue weighted by Crippen LogP contribution is 2.44. The monoisotopic (exact) mass is 738 g/mol. The fourth-order valence-corrected chi connectivity index (χ4v) is 8.00. The van der Waals surface area contributed by atoms with Gasteiger partial charge in [0.2, 0.25) is 0 Å². The van der Waals surface area contributed by atoms with Crippen molar-refractivity contribution in [3.63, 3.8) is 0 Å². The number of hydrogen-bond acceptors (Lipinski definition) is 6. The highest BCUT2D eigenvalue weighted by molar-refractivity contribution is 7.14. The molecule has 4 nitrogen and oxygen atoms in total. The molecule has 3 aromatic carbocycles. The summed E-state index contributed by atoms with van der Waals surface area (Å²) in [6, 6.07) is 22.9. The van der Waals surface area contributed by atoms with Crippen LogP contribution in [0.5, 0.6) is 11.5 Å².